The van der Waals surface area contributed by atoms with Crippen LogP contribution in [0.3, 0.4) is 0 Å². The van der Waals surface area contributed by atoms with Gasteiger partial charge in [-0.3, -0.25) is 0 Å². The van der Waals surface area contributed by atoms with E-state index in [9.17, 15) is 0 Å². The first kappa shape index (κ1) is 9.87. The van der Waals surface area contributed by atoms with E-state index in [2.05, 4.69) is 19.7 Å². The third-order valence-electron chi connectivity index (χ3n) is 1.26. The summed E-state index contributed by atoms with van der Waals surface area (Å²) in [5, 5.41) is 0. The van der Waals surface area contributed by atoms with Gasteiger partial charge in [-0.1, -0.05) is 18.7 Å². The second-order valence-corrected chi connectivity index (χ2v) is 6.22. The monoisotopic (exact) mass is 172 g/mol. The van der Waals surface area contributed by atoms with Gasteiger partial charge in [0.1, 0.15) is 9.76 Å². The van der Waals surface area contributed by atoms with Crippen molar-refractivity contribution in [1.82, 2.24) is 0 Å². The molecule has 0 aromatic carbocycles. The zero-order chi connectivity index (χ0) is 7.82. The van der Waals surface area contributed by atoms with Crippen molar-refractivity contribution >= 4 is 18.8 Å². The van der Waals surface area contributed by atoms with Gasteiger partial charge in [0, 0.05) is 0 Å². The summed E-state index contributed by atoms with van der Waals surface area (Å²) in [5.41, 5.74) is 0. The number of allylic oxidation sites excluding steroid dienone is 2. The second-order valence-electron chi connectivity index (χ2n) is 2.13. The van der Waals surface area contributed by atoms with Crippen LogP contribution in [-0.2, 0) is 4.12 Å². The minimum absolute atomic E-state index is 0.208. The Hall–Kier alpha value is -0.126. The van der Waals surface area contributed by atoms with E-state index in [1.807, 2.05) is 12.2 Å². The minimum Gasteiger partial charge on any atom is -0.462 e. The highest BCUT2D eigenvalue weighted by Crippen LogP contribution is 2.01. The molecular weight excluding hydrogens is 156 g/mol. The normalized spacial score (nSPS) is 11.0. The van der Waals surface area contributed by atoms with E-state index in [4.69, 9.17) is 4.12 Å². The van der Waals surface area contributed by atoms with Crippen LogP contribution >= 0.6 is 0 Å². The van der Waals surface area contributed by atoms with Gasteiger partial charge in [0.05, 0.1) is 0 Å². The van der Waals surface area contributed by atoms with Crippen LogP contribution in [0.4, 0.5) is 0 Å². The molecule has 58 valence electrons. The molecule has 0 rings (SSSR count). The molecule has 0 aromatic heterocycles. The van der Waals surface area contributed by atoms with Crippen molar-refractivity contribution in [2.75, 3.05) is 0 Å². The maximum absolute atomic E-state index is 5.66. The zero-order valence-electron chi connectivity index (χ0n) is 6.68. The first-order valence-electron chi connectivity index (χ1n) is 3.68. The highest BCUT2D eigenvalue weighted by Gasteiger charge is 2.04. The van der Waals surface area contributed by atoms with Crippen molar-refractivity contribution in [2.24, 2.45) is 0 Å². The molecule has 0 heterocycles. The van der Waals surface area contributed by atoms with Crippen molar-refractivity contribution in [3.63, 3.8) is 0 Å². The predicted octanol–water partition coefficient (Wildman–Crippen LogP) is 1.23. The molecule has 0 N–H and O–H groups in total. The second kappa shape index (κ2) is 6.99. The molecule has 0 bridgehead atoms. The average molecular weight is 172 g/mol. The van der Waals surface area contributed by atoms with E-state index in [1.165, 1.54) is 0 Å². The lowest BCUT2D eigenvalue weighted by Gasteiger charge is -2.10. The third kappa shape index (κ3) is 4.72. The van der Waals surface area contributed by atoms with Gasteiger partial charge in [0.25, 0.3) is 0 Å². The van der Waals surface area contributed by atoms with Gasteiger partial charge in [-0.05, 0) is 12.1 Å². The lowest BCUT2D eigenvalue weighted by molar-refractivity contribution is 0.619. The molecule has 0 aliphatic carbocycles. The van der Waals surface area contributed by atoms with Gasteiger partial charge in [-0.15, -0.1) is 13.2 Å². The molecule has 0 unspecified atom stereocenters. The fraction of sp³-hybridized carbons (Fsp3) is 0.429. The fourth-order valence-electron chi connectivity index (χ4n) is 0.840. The van der Waals surface area contributed by atoms with Crippen LogP contribution in [0.2, 0.25) is 18.6 Å². The Bertz CT molecular complexity index is 93.8. The highest BCUT2D eigenvalue weighted by atomic mass is 28.3. The van der Waals surface area contributed by atoms with Gasteiger partial charge < -0.3 is 4.12 Å². The summed E-state index contributed by atoms with van der Waals surface area (Å²) in [7, 11) is -1.12. The standard InChI is InChI=1S/C7H16OSi2/c1-4-6-10(7-5-2)8-9-3/h4-5,10H,1-2,6-7,9H2,3H3. The maximum atomic E-state index is 5.66. The summed E-state index contributed by atoms with van der Waals surface area (Å²) < 4.78 is 5.66. The molecule has 0 amide bonds. The molecule has 0 aromatic rings. The summed E-state index contributed by atoms with van der Waals surface area (Å²) in [6.07, 6.45) is 3.93. The molecule has 1 nitrogen and oxygen atoms in total. The molecule has 0 radical (unpaired) electrons. The molecule has 0 saturated carbocycles. The molecule has 0 fully saturated rings. The molecule has 0 spiro atoms. The van der Waals surface area contributed by atoms with Crippen molar-refractivity contribution in [1.29, 1.82) is 0 Å². The molecule has 0 atom stereocenters. The molecule has 10 heavy (non-hydrogen) atoms. The Labute approximate surface area is 67.5 Å². The van der Waals surface area contributed by atoms with Crippen molar-refractivity contribution in [2.45, 2.75) is 18.6 Å². The summed E-state index contributed by atoms with van der Waals surface area (Å²) in [6, 6.07) is 2.18. The largest absolute Gasteiger partial charge is 0.462 e. The lowest BCUT2D eigenvalue weighted by Crippen LogP contribution is -2.16. The van der Waals surface area contributed by atoms with Crippen molar-refractivity contribution in [3.05, 3.63) is 25.3 Å². The fourth-order valence-corrected chi connectivity index (χ4v) is 4.75. The van der Waals surface area contributed by atoms with Crippen LogP contribution in [0.1, 0.15) is 0 Å². The summed E-state index contributed by atoms with van der Waals surface area (Å²) in [4.78, 5) is 0. The first-order valence-corrected chi connectivity index (χ1v) is 7.78. The van der Waals surface area contributed by atoms with Gasteiger partial charge in [-0.2, -0.15) is 0 Å². The Kier molecular flexibility index (Phi) is 6.90. The topological polar surface area (TPSA) is 9.23 Å². The van der Waals surface area contributed by atoms with Crippen LogP contribution < -0.4 is 0 Å². The van der Waals surface area contributed by atoms with Crippen LogP contribution in [0.15, 0.2) is 25.3 Å². The Morgan fingerprint density at radius 2 is 1.90 bits per heavy atom. The quantitative estimate of drug-likeness (QED) is 0.432. The van der Waals surface area contributed by atoms with Crippen molar-refractivity contribution in [3.8, 4) is 0 Å². The summed E-state index contributed by atoms with van der Waals surface area (Å²) in [6.45, 7) is 9.57. The van der Waals surface area contributed by atoms with Gasteiger partial charge in [0.15, 0.2) is 9.04 Å². The SMILES string of the molecule is C=CC[SiH](CC=C)O[SiH2]C. The van der Waals surface area contributed by atoms with Crippen LogP contribution in [0.5, 0.6) is 0 Å². The summed E-state index contributed by atoms with van der Waals surface area (Å²) in [5.74, 6) is 0. The molecule has 0 aliphatic heterocycles. The lowest BCUT2D eigenvalue weighted by atomic mass is 10.7. The molecule has 0 saturated heterocycles. The van der Waals surface area contributed by atoms with E-state index >= 15 is 0 Å². The maximum Gasteiger partial charge on any atom is 0.170 e. The van der Waals surface area contributed by atoms with Gasteiger partial charge in [0.2, 0.25) is 0 Å². The minimum atomic E-state index is -0.908. The average Bonchev–Trinajstić information content (AvgIpc) is 1.90. The number of hydrogen-bond donors (Lipinski definition) is 0. The highest BCUT2D eigenvalue weighted by molar-refractivity contribution is 6.59. The molecule has 0 aliphatic rings. The van der Waals surface area contributed by atoms with Crippen LogP contribution in [0.25, 0.3) is 0 Å². The number of hydrogen-bond acceptors (Lipinski definition) is 1. The third-order valence-corrected chi connectivity index (χ3v) is 6.20. The van der Waals surface area contributed by atoms with E-state index in [0.717, 1.165) is 12.1 Å². The predicted molar refractivity (Wildman–Crippen MR) is 52.7 cm³/mol. The van der Waals surface area contributed by atoms with E-state index in [-0.39, 0.29) is 9.76 Å². The van der Waals surface area contributed by atoms with E-state index < -0.39 is 9.04 Å². The Morgan fingerprint density at radius 1 is 1.40 bits per heavy atom. The van der Waals surface area contributed by atoms with Crippen molar-refractivity contribution < 1.29 is 4.12 Å². The van der Waals surface area contributed by atoms with Gasteiger partial charge >= 0.3 is 0 Å². The molecule has 3 heteroatoms. The zero-order valence-corrected chi connectivity index (χ0v) is 9.24. The Balaban J connectivity index is 3.48. The summed E-state index contributed by atoms with van der Waals surface area (Å²) >= 11 is 0. The molecular formula is C7H16OSi2. The van der Waals surface area contributed by atoms with E-state index in [0.29, 0.717) is 0 Å². The van der Waals surface area contributed by atoms with Crippen LogP contribution in [0, 0.1) is 0 Å². The van der Waals surface area contributed by atoms with Gasteiger partial charge in [-0.25, -0.2) is 0 Å². The smallest absolute Gasteiger partial charge is 0.170 e. The first-order chi connectivity index (χ1) is 4.85. The van der Waals surface area contributed by atoms with Crippen LogP contribution in [-0.4, -0.2) is 18.8 Å². The number of rotatable bonds is 6. The van der Waals surface area contributed by atoms with E-state index in [1.54, 1.807) is 0 Å². The Morgan fingerprint density at radius 3 is 2.20 bits per heavy atom.